The molecule has 0 radical (unpaired) electrons. The fraction of sp³-hybridized carbons (Fsp3) is 0.800. The predicted molar refractivity (Wildman–Crippen MR) is 84.2 cm³/mol. The van der Waals surface area contributed by atoms with Crippen LogP contribution in [0, 0.1) is 5.92 Å². The lowest BCUT2D eigenvalue weighted by Gasteiger charge is -2.35. The summed E-state index contributed by atoms with van der Waals surface area (Å²) in [5.41, 5.74) is 1.19. The zero-order chi connectivity index (χ0) is 14.5. The summed E-state index contributed by atoms with van der Waals surface area (Å²) in [5.74, 6) is 0.717. The van der Waals surface area contributed by atoms with Crippen LogP contribution in [0.3, 0.4) is 0 Å². The molecule has 0 bridgehead atoms. The van der Waals surface area contributed by atoms with Crippen molar-refractivity contribution in [1.29, 1.82) is 0 Å². The smallest absolute Gasteiger partial charge is 0.0834 e. The number of aromatic nitrogens is 2. The van der Waals surface area contributed by atoms with E-state index in [2.05, 4.69) is 41.0 Å². The summed E-state index contributed by atoms with van der Waals surface area (Å²) in [4.78, 5) is 2.18. The maximum Gasteiger partial charge on any atom is 0.0834 e. The Bertz CT molecular complexity index is 412. The van der Waals surface area contributed by atoms with Gasteiger partial charge in [-0.3, -0.25) is 4.68 Å². The minimum atomic E-state index is 0.362. The molecular formula is C15H27ClN4. The van der Waals surface area contributed by atoms with Crippen molar-refractivity contribution in [2.45, 2.75) is 45.2 Å². The number of halogens is 1. The molecule has 0 amide bonds. The van der Waals surface area contributed by atoms with Crippen LogP contribution in [0.15, 0.2) is 6.20 Å². The van der Waals surface area contributed by atoms with Crippen molar-refractivity contribution in [3.8, 4) is 0 Å². The molecular weight excluding hydrogens is 272 g/mol. The van der Waals surface area contributed by atoms with Crippen molar-refractivity contribution in [3.05, 3.63) is 16.9 Å². The molecule has 1 fully saturated rings. The third-order valence-corrected chi connectivity index (χ3v) is 4.41. The maximum atomic E-state index is 6.42. The Morgan fingerprint density at radius 1 is 1.50 bits per heavy atom. The third kappa shape index (κ3) is 3.74. The zero-order valence-electron chi connectivity index (χ0n) is 12.9. The second-order valence-corrected chi connectivity index (χ2v) is 6.43. The summed E-state index contributed by atoms with van der Waals surface area (Å²) in [5, 5.41) is 8.97. The molecule has 1 atom stereocenters. The highest BCUT2D eigenvalue weighted by molar-refractivity contribution is 6.31. The maximum absolute atomic E-state index is 6.42. The number of hydrogen-bond donors (Lipinski definition) is 1. The number of rotatable bonds is 8. The molecule has 0 aliphatic heterocycles. The van der Waals surface area contributed by atoms with Crippen molar-refractivity contribution in [3.63, 3.8) is 0 Å². The van der Waals surface area contributed by atoms with Crippen molar-refractivity contribution in [2.75, 3.05) is 27.2 Å². The molecule has 1 saturated carbocycles. The zero-order valence-corrected chi connectivity index (χ0v) is 13.7. The molecule has 1 aromatic rings. The fourth-order valence-corrected chi connectivity index (χ4v) is 2.97. The first kappa shape index (κ1) is 15.8. The van der Waals surface area contributed by atoms with E-state index in [0.29, 0.717) is 12.0 Å². The van der Waals surface area contributed by atoms with Crippen LogP contribution in [0.4, 0.5) is 0 Å². The molecule has 0 spiro atoms. The molecule has 114 valence electrons. The van der Waals surface area contributed by atoms with Crippen molar-refractivity contribution in [1.82, 2.24) is 20.0 Å². The van der Waals surface area contributed by atoms with E-state index in [4.69, 9.17) is 11.6 Å². The van der Waals surface area contributed by atoms with Crippen LogP contribution in [0.25, 0.3) is 0 Å². The van der Waals surface area contributed by atoms with Gasteiger partial charge in [0.25, 0.3) is 0 Å². The van der Waals surface area contributed by atoms with Gasteiger partial charge in [0, 0.05) is 6.54 Å². The Morgan fingerprint density at radius 3 is 2.80 bits per heavy atom. The first-order valence-corrected chi connectivity index (χ1v) is 8.10. The number of nitrogens with one attached hydrogen (secondary N) is 1. The van der Waals surface area contributed by atoms with Gasteiger partial charge >= 0.3 is 0 Å². The molecule has 5 heteroatoms. The van der Waals surface area contributed by atoms with E-state index in [-0.39, 0.29) is 0 Å². The average molecular weight is 299 g/mol. The molecule has 1 N–H and O–H groups in total. The van der Waals surface area contributed by atoms with E-state index in [9.17, 15) is 0 Å². The Kier molecular flexibility index (Phi) is 5.87. The standard InChI is InChI=1S/C15H27ClN4/c1-4-8-17-14(12-6-5-7-12)15-13(16)11-18-20(15)10-9-19(2)3/h11-12,14,17H,4-10H2,1-3H3. The molecule has 0 aromatic carbocycles. The molecule has 1 aliphatic rings. The van der Waals surface area contributed by atoms with Gasteiger partial charge in [0.2, 0.25) is 0 Å². The van der Waals surface area contributed by atoms with Crippen LogP contribution >= 0.6 is 11.6 Å². The molecule has 1 unspecified atom stereocenters. The summed E-state index contributed by atoms with van der Waals surface area (Å²) in [6.07, 6.45) is 6.89. The van der Waals surface area contributed by atoms with Crippen LogP contribution < -0.4 is 5.32 Å². The predicted octanol–water partition coefficient (Wildman–Crippen LogP) is 2.94. The first-order chi connectivity index (χ1) is 9.63. The Labute approximate surface area is 127 Å². The number of hydrogen-bond acceptors (Lipinski definition) is 3. The normalized spacial score (nSPS) is 17.4. The molecule has 0 saturated heterocycles. The molecule has 4 nitrogen and oxygen atoms in total. The monoisotopic (exact) mass is 298 g/mol. The quantitative estimate of drug-likeness (QED) is 0.801. The lowest BCUT2D eigenvalue weighted by atomic mass is 9.78. The van der Waals surface area contributed by atoms with Gasteiger partial charge < -0.3 is 10.2 Å². The van der Waals surface area contributed by atoms with Crippen LogP contribution in [-0.4, -0.2) is 41.9 Å². The highest BCUT2D eigenvalue weighted by Gasteiger charge is 2.31. The van der Waals surface area contributed by atoms with Crippen LogP contribution in [0.1, 0.15) is 44.3 Å². The summed E-state index contributed by atoms with van der Waals surface area (Å²) in [7, 11) is 4.17. The molecule has 2 rings (SSSR count). The van der Waals surface area contributed by atoms with Crippen LogP contribution in [0.2, 0.25) is 5.02 Å². The number of nitrogens with zero attached hydrogens (tertiary/aromatic N) is 3. The molecule has 20 heavy (non-hydrogen) atoms. The van der Waals surface area contributed by atoms with E-state index in [1.54, 1.807) is 6.20 Å². The minimum absolute atomic E-state index is 0.362. The van der Waals surface area contributed by atoms with Gasteiger partial charge in [-0.25, -0.2) is 0 Å². The van der Waals surface area contributed by atoms with Gasteiger partial charge in [-0.1, -0.05) is 24.9 Å². The number of likely N-dealkylation sites (N-methyl/N-ethyl adjacent to an activating group) is 1. The lowest BCUT2D eigenvalue weighted by Crippen LogP contribution is -2.35. The van der Waals surface area contributed by atoms with Gasteiger partial charge in [0.15, 0.2) is 0 Å². The summed E-state index contributed by atoms with van der Waals surface area (Å²) >= 11 is 6.42. The second-order valence-electron chi connectivity index (χ2n) is 6.03. The highest BCUT2D eigenvalue weighted by atomic mass is 35.5. The van der Waals surface area contributed by atoms with Gasteiger partial charge in [-0.2, -0.15) is 5.10 Å². The second kappa shape index (κ2) is 7.43. The molecule has 1 aromatic heterocycles. The average Bonchev–Trinajstić information content (AvgIpc) is 2.71. The van der Waals surface area contributed by atoms with E-state index < -0.39 is 0 Å². The lowest BCUT2D eigenvalue weighted by molar-refractivity contribution is 0.220. The topological polar surface area (TPSA) is 33.1 Å². The van der Waals surface area contributed by atoms with E-state index in [1.807, 2.05) is 0 Å². The van der Waals surface area contributed by atoms with Gasteiger partial charge in [0.05, 0.1) is 29.5 Å². The van der Waals surface area contributed by atoms with Crippen molar-refractivity contribution < 1.29 is 0 Å². The molecule has 1 aliphatic carbocycles. The van der Waals surface area contributed by atoms with E-state index in [0.717, 1.165) is 31.1 Å². The summed E-state index contributed by atoms with van der Waals surface area (Å²) in [6, 6.07) is 0.362. The fourth-order valence-electron chi connectivity index (χ4n) is 2.71. The first-order valence-electron chi connectivity index (χ1n) is 7.72. The summed E-state index contributed by atoms with van der Waals surface area (Å²) in [6.45, 7) is 5.12. The van der Waals surface area contributed by atoms with Crippen molar-refractivity contribution in [2.24, 2.45) is 5.92 Å². The van der Waals surface area contributed by atoms with Gasteiger partial charge in [0.1, 0.15) is 0 Å². The SMILES string of the molecule is CCCNC(c1c(Cl)cnn1CCN(C)C)C1CCC1. The van der Waals surface area contributed by atoms with E-state index >= 15 is 0 Å². The van der Waals surface area contributed by atoms with Gasteiger partial charge in [-0.05, 0) is 45.8 Å². The Hall–Kier alpha value is -0.580. The minimum Gasteiger partial charge on any atom is -0.308 e. The van der Waals surface area contributed by atoms with Crippen LogP contribution in [0.5, 0.6) is 0 Å². The third-order valence-electron chi connectivity index (χ3n) is 4.12. The Balaban J connectivity index is 2.15. The van der Waals surface area contributed by atoms with Gasteiger partial charge in [-0.15, -0.1) is 0 Å². The Morgan fingerprint density at radius 2 is 2.25 bits per heavy atom. The van der Waals surface area contributed by atoms with E-state index in [1.165, 1.54) is 25.0 Å². The van der Waals surface area contributed by atoms with Crippen LogP contribution in [-0.2, 0) is 6.54 Å². The molecule has 1 heterocycles. The van der Waals surface area contributed by atoms with Crippen molar-refractivity contribution >= 4 is 11.6 Å². The summed E-state index contributed by atoms with van der Waals surface area (Å²) < 4.78 is 2.09. The highest BCUT2D eigenvalue weighted by Crippen LogP contribution is 2.39. The largest absolute Gasteiger partial charge is 0.308 e.